The van der Waals surface area contributed by atoms with E-state index in [-0.39, 0.29) is 6.79 Å². The average Bonchev–Trinajstić information content (AvgIpc) is 3.45. The Labute approximate surface area is 187 Å². The van der Waals surface area contributed by atoms with Crippen LogP contribution in [0.5, 0.6) is 11.5 Å². The molecule has 0 spiro atoms. The van der Waals surface area contributed by atoms with Crippen LogP contribution in [0, 0.1) is 6.92 Å². The summed E-state index contributed by atoms with van der Waals surface area (Å²) in [4.78, 5) is 44.5. The average molecular weight is 449 g/mol. The number of rotatable bonds is 5. The number of aromatic nitrogens is 1. The summed E-state index contributed by atoms with van der Waals surface area (Å²) in [7, 11) is 0. The van der Waals surface area contributed by atoms with Crippen LogP contribution in [0.3, 0.4) is 0 Å². The Balaban J connectivity index is 1.29. The monoisotopic (exact) mass is 449 g/mol. The molecule has 32 heavy (non-hydrogen) atoms. The Morgan fingerprint density at radius 2 is 1.81 bits per heavy atom. The van der Waals surface area contributed by atoms with Gasteiger partial charge in [0.15, 0.2) is 16.6 Å². The van der Waals surface area contributed by atoms with E-state index in [2.05, 4.69) is 10.3 Å². The maximum absolute atomic E-state index is 12.8. The molecule has 0 aliphatic carbocycles. The van der Waals surface area contributed by atoms with Gasteiger partial charge in [-0.05, 0) is 43.7 Å². The number of thiazole rings is 1. The van der Waals surface area contributed by atoms with Crippen molar-refractivity contribution in [2.45, 2.75) is 26.3 Å². The highest BCUT2D eigenvalue weighted by Crippen LogP contribution is 2.34. The van der Waals surface area contributed by atoms with Gasteiger partial charge in [0.2, 0.25) is 12.7 Å². The molecule has 9 heteroatoms. The van der Waals surface area contributed by atoms with Gasteiger partial charge in [0.25, 0.3) is 11.8 Å². The number of nitrogens with zero attached hydrogens (tertiary/aromatic N) is 2. The highest BCUT2D eigenvalue weighted by atomic mass is 32.1. The molecule has 0 radical (unpaired) electrons. The van der Waals surface area contributed by atoms with Gasteiger partial charge in [0.1, 0.15) is 6.04 Å². The number of carbonyl (C=O) groups is 3. The maximum Gasteiger partial charge on any atom is 0.262 e. The minimum absolute atomic E-state index is 0.222. The largest absolute Gasteiger partial charge is 0.454 e. The summed E-state index contributed by atoms with van der Waals surface area (Å²) in [5.74, 6) is 0.0415. The zero-order valence-electron chi connectivity index (χ0n) is 17.4. The Morgan fingerprint density at radius 3 is 2.53 bits per heavy atom. The topological polar surface area (TPSA) is 97.8 Å². The lowest BCUT2D eigenvalue weighted by Gasteiger charge is -2.21. The van der Waals surface area contributed by atoms with E-state index in [4.69, 9.17) is 9.47 Å². The molecule has 3 aromatic rings. The Hall–Kier alpha value is -3.72. The van der Waals surface area contributed by atoms with Crippen LogP contribution in [-0.2, 0) is 11.2 Å². The number of aryl methyl sites for hydroxylation is 1. The van der Waals surface area contributed by atoms with Gasteiger partial charge in [-0.1, -0.05) is 18.2 Å². The van der Waals surface area contributed by atoms with Gasteiger partial charge in [0.05, 0.1) is 16.8 Å². The molecule has 0 fully saturated rings. The Morgan fingerprint density at radius 1 is 1.12 bits per heavy atom. The second kappa shape index (κ2) is 7.76. The molecule has 1 aromatic heterocycles. The summed E-state index contributed by atoms with van der Waals surface area (Å²) in [6.45, 7) is 3.63. The quantitative estimate of drug-likeness (QED) is 0.600. The van der Waals surface area contributed by atoms with Gasteiger partial charge >= 0.3 is 0 Å². The van der Waals surface area contributed by atoms with E-state index in [0.717, 1.165) is 26.8 Å². The first-order chi connectivity index (χ1) is 15.4. The third-order valence-corrected chi connectivity index (χ3v) is 6.59. The summed E-state index contributed by atoms with van der Waals surface area (Å²) < 4.78 is 10.8. The number of hydrogen-bond donors (Lipinski definition) is 1. The molecule has 1 atom stereocenters. The lowest BCUT2D eigenvalue weighted by Crippen LogP contribution is -2.45. The smallest absolute Gasteiger partial charge is 0.262 e. The van der Waals surface area contributed by atoms with Crippen molar-refractivity contribution in [3.05, 3.63) is 69.7 Å². The van der Waals surface area contributed by atoms with Crippen molar-refractivity contribution in [1.29, 1.82) is 0 Å². The van der Waals surface area contributed by atoms with Crippen LogP contribution >= 0.6 is 11.3 Å². The Kier molecular flexibility index (Phi) is 4.90. The fraction of sp³-hybridized carbons (Fsp3) is 0.217. The first-order valence-electron chi connectivity index (χ1n) is 10.0. The van der Waals surface area contributed by atoms with Crippen LogP contribution in [0.15, 0.2) is 42.5 Å². The molecule has 5 rings (SSSR count). The second-order valence-electron chi connectivity index (χ2n) is 7.58. The molecular weight excluding hydrogens is 430 g/mol. The molecular formula is C23H19N3O5S. The second-order valence-corrected chi connectivity index (χ2v) is 8.67. The van der Waals surface area contributed by atoms with Crippen molar-refractivity contribution >= 4 is 34.2 Å². The van der Waals surface area contributed by atoms with Gasteiger partial charge in [-0.3, -0.25) is 19.3 Å². The highest BCUT2D eigenvalue weighted by Gasteiger charge is 2.40. The van der Waals surface area contributed by atoms with Gasteiger partial charge in [-0.2, -0.15) is 0 Å². The molecule has 3 heterocycles. The summed E-state index contributed by atoms with van der Waals surface area (Å²) in [6, 6.07) is 11.4. The zero-order chi connectivity index (χ0) is 22.4. The molecule has 1 unspecified atom stereocenters. The highest BCUT2D eigenvalue weighted by molar-refractivity contribution is 7.15. The molecule has 0 saturated heterocycles. The van der Waals surface area contributed by atoms with Crippen molar-refractivity contribution in [3.8, 4) is 11.5 Å². The lowest BCUT2D eigenvalue weighted by molar-refractivity contribution is -0.119. The van der Waals surface area contributed by atoms with Gasteiger partial charge in [0, 0.05) is 11.3 Å². The molecule has 162 valence electrons. The molecule has 2 aliphatic heterocycles. The normalized spacial score (nSPS) is 15.1. The van der Waals surface area contributed by atoms with Crippen molar-refractivity contribution in [3.63, 3.8) is 0 Å². The van der Waals surface area contributed by atoms with E-state index >= 15 is 0 Å². The maximum atomic E-state index is 12.8. The molecule has 2 aromatic carbocycles. The van der Waals surface area contributed by atoms with Crippen molar-refractivity contribution in [2.75, 3.05) is 12.1 Å². The van der Waals surface area contributed by atoms with E-state index in [1.165, 1.54) is 18.3 Å². The van der Waals surface area contributed by atoms with Crippen molar-refractivity contribution in [1.82, 2.24) is 9.88 Å². The first-order valence-corrected chi connectivity index (χ1v) is 10.9. The summed E-state index contributed by atoms with van der Waals surface area (Å²) in [5, 5.41) is 3.18. The molecule has 0 bridgehead atoms. The van der Waals surface area contributed by atoms with E-state index < -0.39 is 23.8 Å². The number of anilines is 1. The number of fused-ring (bicyclic) bond motifs is 2. The third-order valence-electron chi connectivity index (χ3n) is 5.52. The number of imide groups is 1. The minimum atomic E-state index is -0.969. The van der Waals surface area contributed by atoms with Crippen LogP contribution in [-0.4, -0.2) is 40.4 Å². The SMILES string of the molecule is Cc1nc(NC(=O)C(C)N2C(=O)c3ccccc3C2=O)sc1Cc1ccc2c(c1)OCO2. The fourth-order valence-corrected chi connectivity index (χ4v) is 4.77. The van der Waals surface area contributed by atoms with Crippen LogP contribution in [0.2, 0.25) is 0 Å². The van der Waals surface area contributed by atoms with E-state index in [1.54, 1.807) is 24.3 Å². The summed E-state index contributed by atoms with van der Waals surface area (Å²) >= 11 is 1.36. The number of ether oxygens (including phenoxy) is 2. The molecule has 2 aliphatic rings. The minimum Gasteiger partial charge on any atom is -0.454 e. The summed E-state index contributed by atoms with van der Waals surface area (Å²) in [6.07, 6.45) is 0.629. The van der Waals surface area contributed by atoms with Crippen LogP contribution in [0.1, 0.15) is 43.8 Å². The van der Waals surface area contributed by atoms with E-state index in [9.17, 15) is 14.4 Å². The van der Waals surface area contributed by atoms with Gasteiger partial charge in [-0.15, -0.1) is 11.3 Å². The number of benzene rings is 2. The van der Waals surface area contributed by atoms with Gasteiger partial charge < -0.3 is 14.8 Å². The fourth-order valence-electron chi connectivity index (χ4n) is 3.77. The summed E-state index contributed by atoms with van der Waals surface area (Å²) in [5.41, 5.74) is 2.47. The van der Waals surface area contributed by atoms with Crippen LogP contribution in [0.4, 0.5) is 5.13 Å². The molecule has 8 nitrogen and oxygen atoms in total. The van der Waals surface area contributed by atoms with E-state index in [0.29, 0.717) is 28.4 Å². The van der Waals surface area contributed by atoms with Crippen LogP contribution in [0.25, 0.3) is 0 Å². The number of nitrogens with one attached hydrogen (secondary N) is 1. The number of carbonyl (C=O) groups excluding carboxylic acids is 3. The number of hydrogen-bond acceptors (Lipinski definition) is 7. The third kappa shape index (κ3) is 3.40. The first kappa shape index (κ1) is 20.2. The molecule has 1 N–H and O–H groups in total. The lowest BCUT2D eigenvalue weighted by atomic mass is 10.1. The number of amides is 3. The van der Waals surface area contributed by atoms with Gasteiger partial charge in [-0.25, -0.2) is 4.98 Å². The molecule has 3 amide bonds. The zero-order valence-corrected chi connectivity index (χ0v) is 18.2. The Bertz CT molecular complexity index is 1230. The van der Waals surface area contributed by atoms with Crippen molar-refractivity contribution < 1.29 is 23.9 Å². The van der Waals surface area contributed by atoms with Crippen molar-refractivity contribution in [2.24, 2.45) is 0 Å². The predicted molar refractivity (Wildman–Crippen MR) is 117 cm³/mol. The van der Waals surface area contributed by atoms with Crippen LogP contribution < -0.4 is 14.8 Å². The molecule has 0 saturated carbocycles. The van der Waals surface area contributed by atoms with E-state index in [1.807, 2.05) is 25.1 Å². The standard InChI is InChI=1S/C23H19N3O5S/c1-12-19(10-14-7-8-17-18(9-14)31-11-30-17)32-23(24-12)25-20(27)13(2)26-21(28)15-5-3-4-6-16(15)22(26)29/h3-9,13H,10-11H2,1-2H3,(H,24,25,27). The predicted octanol–water partition coefficient (Wildman–Crippen LogP) is 3.39.